The Morgan fingerprint density at radius 2 is 1.43 bits per heavy atom. The summed E-state index contributed by atoms with van der Waals surface area (Å²) in [6, 6.07) is 7.46. The third-order valence-electron chi connectivity index (χ3n) is 4.79. The van der Waals surface area contributed by atoms with Crippen LogP contribution in [0.25, 0.3) is 0 Å². The summed E-state index contributed by atoms with van der Waals surface area (Å²) in [6.45, 7) is 6.04. The fraction of sp³-hybridized carbons (Fsp3) is 0.368. The summed E-state index contributed by atoms with van der Waals surface area (Å²) in [5.74, 6) is 0. The Hall–Kier alpha value is -1.45. The van der Waals surface area contributed by atoms with Crippen LogP contribution in [-0.4, -0.2) is 47.4 Å². The Bertz CT molecular complexity index is 1100. The number of halogens is 1. The van der Waals surface area contributed by atoms with Crippen molar-refractivity contribution in [1.82, 2.24) is 4.31 Å². The monoisotopic (exact) mass is 443 g/mol. The van der Waals surface area contributed by atoms with Crippen LogP contribution in [0.15, 0.2) is 45.0 Å². The first-order valence-corrected chi connectivity index (χ1v) is 12.1. The molecule has 0 atom stereocenters. The number of sulfone groups is 1. The minimum absolute atomic E-state index is 0.0206. The molecule has 28 heavy (non-hydrogen) atoms. The predicted molar refractivity (Wildman–Crippen MR) is 107 cm³/mol. The molecule has 2 aromatic rings. The molecule has 0 spiro atoms. The highest BCUT2D eigenvalue weighted by atomic mass is 35.5. The van der Waals surface area contributed by atoms with E-state index in [1.807, 2.05) is 0 Å². The van der Waals surface area contributed by atoms with E-state index in [4.69, 9.17) is 16.3 Å². The first kappa shape index (κ1) is 21.3. The zero-order valence-electron chi connectivity index (χ0n) is 15.9. The molecule has 1 saturated heterocycles. The van der Waals surface area contributed by atoms with Crippen molar-refractivity contribution in [3.05, 3.63) is 52.0 Å². The van der Waals surface area contributed by atoms with Crippen LogP contribution in [0.2, 0.25) is 5.02 Å². The molecule has 1 fully saturated rings. The third kappa shape index (κ3) is 3.71. The van der Waals surface area contributed by atoms with Crippen LogP contribution in [0.3, 0.4) is 0 Å². The van der Waals surface area contributed by atoms with Gasteiger partial charge in [-0.05, 0) is 61.7 Å². The highest BCUT2D eigenvalue weighted by Crippen LogP contribution is 2.35. The van der Waals surface area contributed by atoms with Gasteiger partial charge in [-0.2, -0.15) is 4.31 Å². The van der Waals surface area contributed by atoms with Gasteiger partial charge < -0.3 is 4.74 Å². The quantitative estimate of drug-likeness (QED) is 0.725. The van der Waals surface area contributed by atoms with Gasteiger partial charge in [-0.1, -0.05) is 17.7 Å². The van der Waals surface area contributed by atoms with Crippen LogP contribution in [0, 0.1) is 20.8 Å². The summed E-state index contributed by atoms with van der Waals surface area (Å²) in [7, 11) is -7.76. The molecule has 9 heteroatoms. The van der Waals surface area contributed by atoms with Crippen molar-refractivity contribution < 1.29 is 21.6 Å². The Labute approximate surface area is 171 Å². The molecule has 0 aromatic heterocycles. The van der Waals surface area contributed by atoms with Crippen molar-refractivity contribution in [3.63, 3.8) is 0 Å². The predicted octanol–water partition coefficient (Wildman–Crippen LogP) is 3.12. The van der Waals surface area contributed by atoms with Crippen molar-refractivity contribution in [2.75, 3.05) is 26.3 Å². The fourth-order valence-corrected chi connectivity index (χ4v) is 7.36. The van der Waals surface area contributed by atoms with E-state index < -0.39 is 19.9 Å². The topological polar surface area (TPSA) is 80.8 Å². The Morgan fingerprint density at radius 3 is 2.00 bits per heavy atom. The lowest BCUT2D eigenvalue weighted by molar-refractivity contribution is 0.0730. The van der Waals surface area contributed by atoms with Crippen molar-refractivity contribution in [2.45, 2.75) is 35.5 Å². The number of aryl methyl sites for hydroxylation is 2. The molecule has 6 nitrogen and oxygen atoms in total. The van der Waals surface area contributed by atoms with Crippen LogP contribution >= 0.6 is 11.6 Å². The molecule has 2 aromatic carbocycles. The smallest absolute Gasteiger partial charge is 0.243 e. The minimum atomic E-state index is -3.91. The molecule has 0 aliphatic carbocycles. The Kier molecular flexibility index (Phi) is 5.89. The third-order valence-corrected chi connectivity index (χ3v) is 9.29. The lowest BCUT2D eigenvalue weighted by atomic mass is 10.1. The molecule has 152 valence electrons. The number of rotatable bonds is 4. The molecule has 1 aliphatic heterocycles. The number of morpholine rings is 1. The standard InChI is InChI=1S/C19H22ClNO5S2/c1-13-12-14(2)19(28(24,25)21-8-10-26-11-9-21)15(3)18(13)27(22,23)17-6-4-16(20)5-7-17/h4-7,12H,8-11H2,1-3H3. The van der Waals surface area contributed by atoms with Gasteiger partial charge in [0.05, 0.1) is 27.9 Å². The van der Waals surface area contributed by atoms with Gasteiger partial charge in [0.15, 0.2) is 0 Å². The second kappa shape index (κ2) is 7.76. The average Bonchev–Trinajstić information content (AvgIpc) is 2.61. The minimum Gasteiger partial charge on any atom is -0.379 e. The van der Waals surface area contributed by atoms with Crippen molar-refractivity contribution in [1.29, 1.82) is 0 Å². The molecule has 0 N–H and O–H groups in total. The molecule has 0 amide bonds. The maximum absolute atomic E-state index is 13.3. The Balaban J connectivity index is 2.22. The van der Waals surface area contributed by atoms with Crippen LogP contribution in [0.1, 0.15) is 16.7 Å². The van der Waals surface area contributed by atoms with Gasteiger partial charge in [0.2, 0.25) is 19.9 Å². The molecule has 0 radical (unpaired) electrons. The zero-order chi connectivity index (χ0) is 20.7. The van der Waals surface area contributed by atoms with E-state index in [1.165, 1.54) is 28.6 Å². The van der Waals surface area contributed by atoms with E-state index in [2.05, 4.69) is 0 Å². The molecule has 0 bridgehead atoms. The largest absolute Gasteiger partial charge is 0.379 e. The molecular formula is C19H22ClNO5S2. The van der Waals surface area contributed by atoms with Gasteiger partial charge in [0, 0.05) is 18.1 Å². The summed E-state index contributed by atoms with van der Waals surface area (Å²) in [5.41, 5.74) is 1.27. The first-order valence-electron chi connectivity index (χ1n) is 8.76. The maximum atomic E-state index is 13.3. The van der Waals surface area contributed by atoms with Gasteiger partial charge in [-0.3, -0.25) is 0 Å². The van der Waals surface area contributed by atoms with Gasteiger partial charge in [-0.15, -0.1) is 0 Å². The highest BCUT2D eigenvalue weighted by Gasteiger charge is 2.33. The molecule has 0 unspecified atom stereocenters. The second-order valence-electron chi connectivity index (χ2n) is 6.77. The molecule has 3 rings (SSSR count). The highest BCUT2D eigenvalue weighted by molar-refractivity contribution is 7.92. The number of benzene rings is 2. The SMILES string of the molecule is Cc1cc(C)c(S(=O)(=O)N2CCOCC2)c(C)c1S(=O)(=O)c1ccc(Cl)cc1. The number of hydrogen-bond donors (Lipinski definition) is 0. The fourth-order valence-electron chi connectivity index (χ4n) is 3.61. The lowest BCUT2D eigenvalue weighted by Gasteiger charge is -2.28. The second-order valence-corrected chi connectivity index (χ2v) is 11.0. The number of sulfonamides is 1. The van der Waals surface area contributed by atoms with Gasteiger partial charge in [-0.25, -0.2) is 16.8 Å². The number of hydrogen-bond acceptors (Lipinski definition) is 5. The zero-order valence-corrected chi connectivity index (χ0v) is 18.3. The maximum Gasteiger partial charge on any atom is 0.243 e. The normalized spacial score (nSPS) is 16.3. The van der Waals surface area contributed by atoms with E-state index in [9.17, 15) is 16.8 Å². The summed E-state index contributed by atoms with van der Waals surface area (Å²) >= 11 is 5.87. The van der Waals surface area contributed by atoms with E-state index in [1.54, 1.807) is 26.8 Å². The molecule has 1 aliphatic rings. The summed E-state index contributed by atoms with van der Waals surface area (Å²) in [5, 5.41) is 0.423. The van der Waals surface area contributed by atoms with Crippen LogP contribution in [-0.2, 0) is 24.6 Å². The average molecular weight is 444 g/mol. The summed E-state index contributed by atoms with van der Waals surface area (Å²) in [4.78, 5) is 0.140. The lowest BCUT2D eigenvalue weighted by Crippen LogP contribution is -2.41. The first-order chi connectivity index (χ1) is 13.1. The summed E-state index contributed by atoms with van der Waals surface area (Å²) < 4.78 is 59.7. The van der Waals surface area contributed by atoms with Crippen molar-refractivity contribution in [2.24, 2.45) is 0 Å². The van der Waals surface area contributed by atoms with Crippen molar-refractivity contribution in [3.8, 4) is 0 Å². The van der Waals surface area contributed by atoms with Gasteiger partial charge in [0.1, 0.15) is 0 Å². The van der Waals surface area contributed by atoms with Gasteiger partial charge in [0.25, 0.3) is 0 Å². The van der Waals surface area contributed by atoms with Crippen LogP contribution in [0.4, 0.5) is 0 Å². The Morgan fingerprint density at radius 1 is 0.893 bits per heavy atom. The van der Waals surface area contributed by atoms with E-state index >= 15 is 0 Å². The number of ether oxygens (including phenoxy) is 1. The molecule has 0 saturated carbocycles. The van der Waals surface area contributed by atoms with Gasteiger partial charge >= 0.3 is 0 Å². The van der Waals surface area contributed by atoms with Crippen LogP contribution < -0.4 is 0 Å². The van der Waals surface area contributed by atoms with Crippen LogP contribution in [0.5, 0.6) is 0 Å². The summed E-state index contributed by atoms with van der Waals surface area (Å²) in [6.07, 6.45) is 0. The van der Waals surface area contributed by atoms with E-state index in [0.717, 1.165) is 0 Å². The van der Waals surface area contributed by atoms with E-state index in [-0.39, 0.29) is 33.3 Å². The molecular weight excluding hydrogens is 422 g/mol. The van der Waals surface area contributed by atoms with Crippen molar-refractivity contribution >= 4 is 31.5 Å². The molecule has 1 heterocycles. The number of nitrogens with zero attached hydrogens (tertiary/aromatic N) is 1. The van der Waals surface area contributed by atoms with E-state index in [0.29, 0.717) is 29.4 Å².